The number of nitrogens with one attached hydrogen (secondary N) is 1. The van der Waals surface area contributed by atoms with Gasteiger partial charge in [-0.25, -0.2) is 4.79 Å². The number of halogens is 1. The summed E-state index contributed by atoms with van der Waals surface area (Å²) in [6.45, 7) is 2.39. The second kappa shape index (κ2) is 6.41. The van der Waals surface area contributed by atoms with Crippen LogP contribution in [-0.4, -0.2) is 35.0 Å². The van der Waals surface area contributed by atoms with Crippen LogP contribution in [0.25, 0.3) is 0 Å². The third kappa shape index (κ3) is 2.87. The van der Waals surface area contributed by atoms with Gasteiger partial charge in [0.15, 0.2) is 0 Å². The number of carbonyl (C=O) groups is 2. The predicted octanol–water partition coefficient (Wildman–Crippen LogP) is 3.52. The molecule has 134 valence electrons. The molecule has 0 aliphatic carbocycles. The molecule has 2 heterocycles. The Morgan fingerprint density at radius 1 is 1.15 bits per heavy atom. The summed E-state index contributed by atoms with van der Waals surface area (Å²) in [6.07, 6.45) is 1.37. The van der Waals surface area contributed by atoms with Crippen molar-refractivity contribution in [3.63, 3.8) is 0 Å². The number of anilines is 1. The lowest BCUT2D eigenvalue weighted by Crippen LogP contribution is -2.46. The van der Waals surface area contributed by atoms with E-state index in [1.54, 1.807) is 12.1 Å². The van der Waals surface area contributed by atoms with E-state index in [0.29, 0.717) is 12.8 Å². The van der Waals surface area contributed by atoms with E-state index in [4.69, 9.17) is 11.6 Å². The number of carboxylic acid groups (broad SMARTS) is 1. The average Bonchev–Trinajstić information content (AvgIpc) is 2.90. The Kier molecular flexibility index (Phi) is 4.21. The molecule has 5 nitrogen and oxygen atoms in total. The third-order valence-corrected chi connectivity index (χ3v) is 5.75. The first-order chi connectivity index (χ1) is 12.5. The lowest BCUT2D eigenvalue weighted by atomic mass is 9.73. The molecule has 0 radical (unpaired) electrons. The molecule has 0 aromatic heterocycles. The highest BCUT2D eigenvalue weighted by Gasteiger charge is 2.48. The number of amides is 1. The van der Waals surface area contributed by atoms with Crippen LogP contribution >= 0.6 is 11.6 Å². The molecule has 26 heavy (non-hydrogen) atoms. The maximum atomic E-state index is 12.7. The van der Waals surface area contributed by atoms with Crippen LogP contribution in [0.3, 0.4) is 0 Å². The summed E-state index contributed by atoms with van der Waals surface area (Å²) in [5.74, 6) is -0.983. The highest BCUT2D eigenvalue weighted by Crippen LogP contribution is 2.45. The molecule has 1 saturated heterocycles. The second-order valence-electron chi connectivity index (χ2n) is 7.00. The average molecular weight is 371 g/mol. The first kappa shape index (κ1) is 17.1. The number of rotatable bonds is 3. The van der Waals surface area contributed by atoms with Crippen LogP contribution in [0.2, 0.25) is 5.02 Å². The fourth-order valence-corrected chi connectivity index (χ4v) is 4.11. The van der Waals surface area contributed by atoms with Gasteiger partial charge in [-0.2, -0.15) is 0 Å². The summed E-state index contributed by atoms with van der Waals surface area (Å²) >= 11 is 5.94. The molecular formula is C20H19ClN2O3. The molecule has 0 atom stereocenters. The first-order valence-electron chi connectivity index (χ1n) is 8.64. The minimum atomic E-state index is -0.970. The number of likely N-dealkylation sites (tertiary alicyclic amines) is 1. The summed E-state index contributed by atoms with van der Waals surface area (Å²) in [4.78, 5) is 26.3. The molecule has 1 fully saturated rings. The van der Waals surface area contributed by atoms with Crippen LogP contribution in [0.1, 0.15) is 34.3 Å². The van der Waals surface area contributed by atoms with Gasteiger partial charge in [-0.1, -0.05) is 23.7 Å². The molecule has 2 aromatic carbocycles. The zero-order valence-electron chi connectivity index (χ0n) is 14.2. The van der Waals surface area contributed by atoms with Crippen molar-refractivity contribution in [2.24, 2.45) is 0 Å². The zero-order valence-corrected chi connectivity index (χ0v) is 14.9. The number of benzene rings is 2. The maximum Gasteiger partial charge on any atom is 0.335 e. The molecule has 2 aliphatic rings. The summed E-state index contributed by atoms with van der Waals surface area (Å²) in [5, 5.41) is 12.9. The molecule has 2 N–H and O–H groups in total. The van der Waals surface area contributed by atoms with Gasteiger partial charge in [0.1, 0.15) is 0 Å². The van der Waals surface area contributed by atoms with Crippen molar-refractivity contribution in [3.8, 4) is 0 Å². The number of carboxylic acids is 1. The number of piperidine rings is 1. The molecule has 1 amide bonds. The van der Waals surface area contributed by atoms with Crippen molar-refractivity contribution in [3.05, 3.63) is 64.2 Å². The Balaban J connectivity index is 1.53. The first-order valence-corrected chi connectivity index (χ1v) is 9.02. The Morgan fingerprint density at radius 2 is 1.85 bits per heavy atom. The van der Waals surface area contributed by atoms with Crippen molar-refractivity contribution < 1.29 is 14.7 Å². The molecule has 2 aliphatic heterocycles. The van der Waals surface area contributed by atoms with Crippen LogP contribution in [-0.2, 0) is 16.8 Å². The van der Waals surface area contributed by atoms with Gasteiger partial charge < -0.3 is 10.4 Å². The monoisotopic (exact) mass is 370 g/mol. The quantitative estimate of drug-likeness (QED) is 0.867. The van der Waals surface area contributed by atoms with Gasteiger partial charge in [0.2, 0.25) is 5.91 Å². The number of hydrogen-bond acceptors (Lipinski definition) is 3. The molecule has 6 heteroatoms. The van der Waals surface area contributed by atoms with Gasteiger partial charge in [-0.15, -0.1) is 0 Å². The third-order valence-electron chi connectivity index (χ3n) is 5.49. The van der Waals surface area contributed by atoms with E-state index < -0.39 is 11.4 Å². The zero-order chi connectivity index (χ0) is 18.3. The topological polar surface area (TPSA) is 69.6 Å². The Labute approximate surface area is 156 Å². The summed E-state index contributed by atoms with van der Waals surface area (Å²) in [6, 6.07) is 12.7. The highest BCUT2D eigenvalue weighted by molar-refractivity contribution is 6.30. The van der Waals surface area contributed by atoms with E-state index in [9.17, 15) is 14.7 Å². The molecule has 0 bridgehead atoms. The second-order valence-corrected chi connectivity index (χ2v) is 7.44. The van der Waals surface area contributed by atoms with Gasteiger partial charge in [0.25, 0.3) is 0 Å². The van der Waals surface area contributed by atoms with Crippen LogP contribution in [0.15, 0.2) is 42.5 Å². The molecular weight excluding hydrogens is 352 g/mol. The molecule has 1 spiro atoms. The molecule has 4 rings (SSSR count). The number of hydrogen-bond donors (Lipinski definition) is 2. The number of fused-ring (bicyclic) bond motifs is 2. The van der Waals surface area contributed by atoms with Crippen molar-refractivity contribution in [2.45, 2.75) is 24.8 Å². The SMILES string of the molecule is O=C(O)c1ccc2c(c1)C1(CCN(Cc3ccc(Cl)cc3)CC1)C(=O)N2. The lowest BCUT2D eigenvalue weighted by Gasteiger charge is -2.38. The fourth-order valence-electron chi connectivity index (χ4n) is 3.98. The van der Waals surface area contributed by atoms with Crippen molar-refractivity contribution in [1.29, 1.82) is 0 Å². The van der Waals surface area contributed by atoms with E-state index in [2.05, 4.69) is 10.2 Å². The normalized spacial score (nSPS) is 18.6. The van der Waals surface area contributed by atoms with Gasteiger partial charge >= 0.3 is 5.97 Å². The standard InChI is InChI=1S/C20H19ClN2O3/c21-15-4-1-13(2-5-15)12-23-9-7-20(8-10-23)16-11-14(18(24)25)3-6-17(16)22-19(20)26/h1-6,11H,7-10,12H2,(H,22,26)(H,24,25). The predicted molar refractivity (Wildman–Crippen MR) is 99.7 cm³/mol. The Bertz CT molecular complexity index is 871. The van der Waals surface area contributed by atoms with Crippen molar-refractivity contribution >= 4 is 29.2 Å². The van der Waals surface area contributed by atoms with Crippen molar-refractivity contribution in [2.75, 3.05) is 18.4 Å². The largest absolute Gasteiger partial charge is 0.478 e. The number of carbonyl (C=O) groups excluding carboxylic acids is 1. The Morgan fingerprint density at radius 3 is 2.50 bits per heavy atom. The minimum absolute atomic E-state index is 0.0128. The van der Waals surface area contributed by atoms with Crippen molar-refractivity contribution in [1.82, 2.24) is 4.90 Å². The molecule has 2 aromatic rings. The summed E-state index contributed by atoms with van der Waals surface area (Å²) < 4.78 is 0. The number of nitrogens with zero attached hydrogens (tertiary/aromatic N) is 1. The molecule has 0 saturated carbocycles. The summed E-state index contributed by atoms with van der Waals surface area (Å²) in [5.41, 5.74) is 2.37. The van der Waals surface area contributed by atoms with E-state index in [0.717, 1.165) is 35.9 Å². The van der Waals surface area contributed by atoms with Crippen LogP contribution in [0.5, 0.6) is 0 Å². The summed E-state index contributed by atoms with van der Waals surface area (Å²) in [7, 11) is 0. The van der Waals surface area contributed by atoms with Gasteiger partial charge in [-0.05, 0) is 67.4 Å². The van der Waals surface area contributed by atoms with E-state index >= 15 is 0 Å². The highest BCUT2D eigenvalue weighted by atomic mass is 35.5. The van der Waals surface area contributed by atoms with E-state index in [1.165, 1.54) is 11.6 Å². The van der Waals surface area contributed by atoms with Gasteiger partial charge in [0.05, 0.1) is 11.0 Å². The lowest BCUT2D eigenvalue weighted by molar-refractivity contribution is -0.122. The van der Waals surface area contributed by atoms with Crippen LogP contribution in [0.4, 0.5) is 5.69 Å². The smallest absolute Gasteiger partial charge is 0.335 e. The Hall–Kier alpha value is -2.37. The van der Waals surface area contributed by atoms with E-state index in [-0.39, 0.29) is 11.5 Å². The van der Waals surface area contributed by atoms with Crippen LogP contribution in [0, 0.1) is 0 Å². The molecule has 0 unspecified atom stereocenters. The maximum absolute atomic E-state index is 12.7. The van der Waals surface area contributed by atoms with E-state index in [1.807, 2.05) is 24.3 Å². The van der Waals surface area contributed by atoms with Gasteiger partial charge in [0, 0.05) is 17.3 Å². The van der Waals surface area contributed by atoms with Gasteiger partial charge in [-0.3, -0.25) is 9.69 Å². The minimum Gasteiger partial charge on any atom is -0.478 e. The van der Waals surface area contributed by atoms with Crippen LogP contribution < -0.4 is 5.32 Å². The fraction of sp³-hybridized carbons (Fsp3) is 0.300. The number of aromatic carboxylic acids is 1.